The second-order valence-electron chi connectivity index (χ2n) is 6.25. The summed E-state index contributed by atoms with van der Waals surface area (Å²) in [4.78, 5) is 19.6. The summed E-state index contributed by atoms with van der Waals surface area (Å²) in [6.07, 6.45) is 1.74. The number of hydrogen-bond acceptors (Lipinski definition) is 4. The van der Waals surface area contributed by atoms with E-state index in [-0.39, 0.29) is 17.9 Å². The van der Waals surface area contributed by atoms with Crippen LogP contribution in [0.25, 0.3) is 0 Å². The van der Waals surface area contributed by atoms with Crippen LogP contribution in [0, 0.1) is 5.82 Å². The van der Waals surface area contributed by atoms with Gasteiger partial charge in [0.25, 0.3) is 0 Å². The number of urea groups is 1. The van der Waals surface area contributed by atoms with E-state index in [0.717, 1.165) is 21.8 Å². The molecule has 2 N–H and O–H groups in total. The zero-order valence-electron chi connectivity index (χ0n) is 15.1. The number of halogens is 1. The van der Waals surface area contributed by atoms with E-state index in [0.29, 0.717) is 6.54 Å². The minimum absolute atomic E-state index is 0.297. The molecular formula is C20H21FN4OS. The van der Waals surface area contributed by atoms with Gasteiger partial charge in [0.15, 0.2) is 0 Å². The van der Waals surface area contributed by atoms with Crippen LogP contribution in [0.15, 0.2) is 60.1 Å². The van der Waals surface area contributed by atoms with Gasteiger partial charge < -0.3 is 15.5 Å². The molecule has 0 fully saturated rings. The Labute approximate surface area is 161 Å². The number of nitrogens with zero attached hydrogens (tertiary/aromatic N) is 2. The fraction of sp³-hybridized carbons (Fsp3) is 0.200. The normalized spacial score (nSPS) is 11.7. The second-order valence-corrected chi connectivity index (χ2v) is 7.23. The van der Waals surface area contributed by atoms with Crippen LogP contribution < -0.4 is 15.5 Å². The third-order valence-electron chi connectivity index (χ3n) is 4.03. The quantitative estimate of drug-likeness (QED) is 0.677. The lowest BCUT2D eigenvalue weighted by atomic mass is 10.1. The molecule has 2 amide bonds. The Hall–Kier alpha value is -2.93. The molecule has 0 radical (unpaired) electrons. The highest BCUT2D eigenvalue weighted by atomic mass is 32.1. The SMILES string of the molecule is CN(C)c1ccc(CNC(=O)NC(c2ccc(F)cc2)c2cccs2)cn1. The first-order chi connectivity index (χ1) is 13.0. The van der Waals surface area contributed by atoms with Crippen LogP contribution >= 0.6 is 11.3 Å². The maximum Gasteiger partial charge on any atom is 0.315 e. The molecular weight excluding hydrogens is 363 g/mol. The fourth-order valence-electron chi connectivity index (χ4n) is 2.58. The Morgan fingerprint density at radius 1 is 1.19 bits per heavy atom. The highest BCUT2D eigenvalue weighted by Gasteiger charge is 2.18. The van der Waals surface area contributed by atoms with Gasteiger partial charge in [-0.15, -0.1) is 11.3 Å². The predicted molar refractivity (Wildman–Crippen MR) is 106 cm³/mol. The molecule has 140 valence electrons. The van der Waals surface area contributed by atoms with E-state index in [1.807, 2.05) is 48.6 Å². The van der Waals surface area contributed by atoms with Gasteiger partial charge in [0.2, 0.25) is 0 Å². The van der Waals surface area contributed by atoms with Crippen molar-refractivity contribution >= 4 is 23.2 Å². The monoisotopic (exact) mass is 384 g/mol. The van der Waals surface area contributed by atoms with Crippen molar-refractivity contribution in [2.24, 2.45) is 0 Å². The third-order valence-corrected chi connectivity index (χ3v) is 4.96. The van der Waals surface area contributed by atoms with Gasteiger partial charge in [-0.3, -0.25) is 0 Å². The number of pyridine rings is 1. The summed E-state index contributed by atoms with van der Waals surface area (Å²) in [5.41, 5.74) is 1.73. The minimum atomic E-state index is -0.333. The Morgan fingerprint density at radius 2 is 1.96 bits per heavy atom. The molecule has 27 heavy (non-hydrogen) atoms. The topological polar surface area (TPSA) is 57.3 Å². The summed E-state index contributed by atoms with van der Waals surface area (Å²) in [5, 5.41) is 7.76. The lowest BCUT2D eigenvalue weighted by Crippen LogP contribution is -2.37. The number of rotatable bonds is 6. The van der Waals surface area contributed by atoms with Gasteiger partial charge in [0.1, 0.15) is 11.6 Å². The summed E-state index contributed by atoms with van der Waals surface area (Å²) in [6, 6.07) is 13.2. The summed E-state index contributed by atoms with van der Waals surface area (Å²) >= 11 is 1.54. The second kappa shape index (κ2) is 8.64. The zero-order chi connectivity index (χ0) is 19.2. The molecule has 1 aromatic carbocycles. The lowest BCUT2D eigenvalue weighted by Gasteiger charge is -2.19. The lowest BCUT2D eigenvalue weighted by molar-refractivity contribution is 0.238. The highest BCUT2D eigenvalue weighted by Crippen LogP contribution is 2.26. The van der Waals surface area contributed by atoms with Crippen LogP contribution in [0.3, 0.4) is 0 Å². The van der Waals surface area contributed by atoms with Crippen LogP contribution in [0.4, 0.5) is 15.0 Å². The van der Waals surface area contributed by atoms with Gasteiger partial charge in [0, 0.05) is 31.7 Å². The predicted octanol–water partition coefficient (Wildman–Crippen LogP) is 3.94. The number of aromatic nitrogens is 1. The van der Waals surface area contributed by atoms with Crippen molar-refractivity contribution in [2.75, 3.05) is 19.0 Å². The number of amides is 2. The highest BCUT2D eigenvalue weighted by molar-refractivity contribution is 7.10. The van der Waals surface area contributed by atoms with Crippen LogP contribution in [-0.4, -0.2) is 25.1 Å². The summed E-state index contributed by atoms with van der Waals surface area (Å²) in [7, 11) is 3.85. The molecule has 3 rings (SSSR count). The number of carbonyl (C=O) groups excluding carboxylic acids is 1. The van der Waals surface area contributed by atoms with Crippen molar-refractivity contribution < 1.29 is 9.18 Å². The molecule has 0 aliphatic rings. The molecule has 7 heteroatoms. The Morgan fingerprint density at radius 3 is 2.56 bits per heavy atom. The van der Waals surface area contributed by atoms with Crippen LogP contribution in [0.5, 0.6) is 0 Å². The number of nitrogens with one attached hydrogen (secondary N) is 2. The first-order valence-corrected chi connectivity index (χ1v) is 9.36. The molecule has 2 aromatic heterocycles. The molecule has 0 aliphatic carbocycles. The number of anilines is 1. The van der Waals surface area contributed by atoms with Crippen LogP contribution in [-0.2, 0) is 6.54 Å². The van der Waals surface area contributed by atoms with E-state index < -0.39 is 0 Å². The van der Waals surface area contributed by atoms with Crippen LogP contribution in [0.1, 0.15) is 22.0 Å². The number of carbonyl (C=O) groups is 1. The first kappa shape index (κ1) is 18.8. The molecule has 0 spiro atoms. The van der Waals surface area contributed by atoms with E-state index in [4.69, 9.17) is 0 Å². The van der Waals surface area contributed by atoms with E-state index in [1.165, 1.54) is 23.5 Å². The van der Waals surface area contributed by atoms with E-state index in [9.17, 15) is 9.18 Å². The smallest absolute Gasteiger partial charge is 0.315 e. The van der Waals surface area contributed by atoms with Crippen LogP contribution in [0.2, 0.25) is 0 Å². The van der Waals surface area contributed by atoms with Gasteiger partial charge in [0.05, 0.1) is 6.04 Å². The minimum Gasteiger partial charge on any atom is -0.363 e. The van der Waals surface area contributed by atoms with Crippen molar-refractivity contribution in [1.29, 1.82) is 0 Å². The van der Waals surface area contributed by atoms with Gasteiger partial charge in [-0.2, -0.15) is 0 Å². The molecule has 5 nitrogen and oxygen atoms in total. The molecule has 1 atom stereocenters. The molecule has 0 bridgehead atoms. The van der Waals surface area contributed by atoms with E-state index in [1.54, 1.807) is 18.3 Å². The van der Waals surface area contributed by atoms with Gasteiger partial charge >= 0.3 is 6.03 Å². The number of thiophene rings is 1. The summed E-state index contributed by atoms with van der Waals surface area (Å²) in [5.74, 6) is 0.555. The van der Waals surface area contributed by atoms with Gasteiger partial charge in [-0.25, -0.2) is 14.2 Å². The van der Waals surface area contributed by atoms with E-state index >= 15 is 0 Å². The third kappa shape index (κ3) is 5.04. The fourth-order valence-corrected chi connectivity index (χ4v) is 3.38. The average Bonchev–Trinajstić information content (AvgIpc) is 3.20. The summed E-state index contributed by atoms with van der Waals surface area (Å²) in [6.45, 7) is 0.368. The van der Waals surface area contributed by atoms with Crippen molar-refractivity contribution in [3.8, 4) is 0 Å². The average molecular weight is 384 g/mol. The zero-order valence-corrected chi connectivity index (χ0v) is 16.0. The molecule has 3 aromatic rings. The number of hydrogen-bond donors (Lipinski definition) is 2. The summed E-state index contributed by atoms with van der Waals surface area (Å²) < 4.78 is 13.2. The van der Waals surface area contributed by atoms with Crippen molar-refractivity contribution in [2.45, 2.75) is 12.6 Å². The largest absolute Gasteiger partial charge is 0.363 e. The Kier molecular flexibility index (Phi) is 6.03. The molecule has 0 saturated carbocycles. The molecule has 1 unspecified atom stereocenters. The van der Waals surface area contributed by atoms with E-state index in [2.05, 4.69) is 15.6 Å². The van der Waals surface area contributed by atoms with Crippen molar-refractivity contribution in [1.82, 2.24) is 15.6 Å². The molecule has 2 heterocycles. The van der Waals surface area contributed by atoms with Gasteiger partial charge in [-0.05, 0) is 40.8 Å². The Balaban J connectivity index is 1.65. The first-order valence-electron chi connectivity index (χ1n) is 8.48. The maximum atomic E-state index is 13.2. The standard InChI is InChI=1S/C20H21FN4OS/c1-25(2)18-10-5-14(12-22-18)13-23-20(26)24-19(17-4-3-11-27-17)15-6-8-16(21)9-7-15/h3-12,19H,13H2,1-2H3,(H2,23,24,26). The molecule has 0 saturated heterocycles. The maximum absolute atomic E-state index is 13.2. The van der Waals surface area contributed by atoms with Crippen molar-refractivity contribution in [3.63, 3.8) is 0 Å². The number of benzene rings is 1. The molecule has 0 aliphatic heterocycles. The Bertz CT molecular complexity index is 864. The van der Waals surface area contributed by atoms with Crippen molar-refractivity contribution in [3.05, 3.63) is 81.9 Å². The van der Waals surface area contributed by atoms with Gasteiger partial charge in [-0.1, -0.05) is 24.3 Å².